The lowest BCUT2D eigenvalue weighted by Crippen LogP contribution is -2.36. The zero-order valence-electron chi connectivity index (χ0n) is 15.6. The average Bonchev–Trinajstić information content (AvgIpc) is 2.89. The van der Waals surface area contributed by atoms with E-state index in [9.17, 15) is 4.79 Å². The van der Waals surface area contributed by atoms with E-state index in [2.05, 4.69) is 21.9 Å². The predicted octanol–water partition coefficient (Wildman–Crippen LogP) is 3.70. The van der Waals surface area contributed by atoms with E-state index in [4.69, 9.17) is 4.74 Å². The van der Waals surface area contributed by atoms with Gasteiger partial charge in [-0.05, 0) is 42.9 Å². The van der Waals surface area contributed by atoms with Crippen LogP contribution in [0, 0.1) is 5.92 Å². The fourth-order valence-electron chi connectivity index (χ4n) is 4.13. The number of benzene rings is 1. The van der Waals surface area contributed by atoms with Gasteiger partial charge in [0.15, 0.2) is 0 Å². The summed E-state index contributed by atoms with van der Waals surface area (Å²) in [5, 5.41) is 0. The van der Waals surface area contributed by atoms with Gasteiger partial charge in [-0.3, -0.25) is 9.69 Å². The number of rotatable bonds is 5. The van der Waals surface area contributed by atoms with Crippen molar-refractivity contribution in [1.82, 2.24) is 9.80 Å². The van der Waals surface area contributed by atoms with Crippen molar-refractivity contribution in [1.29, 1.82) is 0 Å². The molecule has 25 heavy (non-hydrogen) atoms. The largest absolute Gasteiger partial charge is 0.497 e. The van der Waals surface area contributed by atoms with Crippen LogP contribution in [0.1, 0.15) is 50.5 Å². The first-order valence-corrected chi connectivity index (χ1v) is 9.87. The van der Waals surface area contributed by atoms with Crippen LogP contribution < -0.4 is 4.74 Å². The number of carbonyl (C=O) groups is 1. The molecule has 1 aliphatic heterocycles. The summed E-state index contributed by atoms with van der Waals surface area (Å²) in [5.41, 5.74) is 1.31. The molecule has 0 aromatic heterocycles. The lowest BCUT2D eigenvalue weighted by molar-refractivity contribution is -0.132. The minimum Gasteiger partial charge on any atom is -0.497 e. The van der Waals surface area contributed by atoms with E-state index in [1.54, 1.807) is 7.11 Å². The summed E-state index contributed by atoms with van der Waals surface area (Å²) >= 11 is 0. The van der Waals surface area contributed by atoms with Crippen molar-refractivity contribution in [3.63, 3.8) is 0 Å². The highest BCUT2D eigenvalue weighted by atomic mass is 16.5. The van der Waals surface area contributed by atoms with Gasteiger partial charge in [-0.25, -0.2) is 0 Å². The highest BCUT2D eigenvalue weighted by molar-refractivity contribution is 5.76. The Bertz CT molecular complexity index is 537. The molecule has 0 N–H and O–H groups in total. The fourth-order valence-corrected chi connectivity index (χ4v) is 4.13. The van der Waals surface area contributed by atoms with E-state index < -0.39 is 0 Å². The second-order valence-corrected chi connectivity index (χ2v) is 7.57. The van der Waals surface area contributed by atoms with Crippen molar-refractivity contribution in [3.8, 4) is 5.75 Å². The highest BCUT2D eigenvalue weighted by Crippen LogP contribution is 2.27. The van der Waals surface area contributed by atoms with E-state index in [1.807, 2.05) is 12.1 Å². The Morgan fingerprint density at radius 3 is 2.48 bits per heavy atom. The molecule has 0 spiro atoms. The molecule has 138 valence electrons. The Morgan fingerprint density at radius 2 is 1.76 bits per heavy atom. The predicted molar refractivity (Wildman–Crippen MR) is 101 cm³/mol. The van der Waals surface area contributed by atoms with Crippen LogP contribution in [0.3, 0.4) is 0 Å². The van der Waals surface area contributed by atoms with Gasteiger partial charge in [0.25, 0.3) is 0 Å². The molecule has 4 nitrogen and oxygen atoms in total. The summed E-state index contributed by atoms with van der Waals surface area (Å²) in [4.78, 5) is 17.2. The topological polar surface area (TPSA) is 32.8 Å². The molecule has 3 rings (SSSR count). The van der Waals surface area contributed by atoms with Crippen LogP contribution in [0.25, 0.3) is 0 Å². The second-order valence-electron chi connectivity index (χ2n) is 7.57. The molecule has 0 atom stereocenters. The van der Waals surface area contributed by atoms with Gasteiger partial charge in [-0.1, -0.05) is 31.4 Å². The molecule has 1 saturated heterocycles. The third-order valence-corrected chi connectivity index (χ3v) is 5.69. The summed E-state index contributed by atoms with van der Waals surface area (Å²) in [5.74, 6) is 1.93. The standard InChI is InChI=1S/C21H32N2O2/c1-25-20-10-8-19(9-11-20)17-22-12-5-13-23(15-14-22)21(24)16-18-6-3-2-4-7-18/h8-11,18H,2-7,12-17H2,1H3. The van der Waals surface area contributed by atoms with Crippen LogP contribution in [0.5, 0.6) is 5.75 Å². The quantitative estimate of drug-likeness (QED) is 0.816. The van der Waals surface area contributed by atoms with Crippen LogP contribution in [0.2, 0.25) is 0 Å². The molecule has 2 aliphatic rings. The molecular weight excluding hydrogens is 312 g/mol. The Balaban J connectivity index is 1.46. The van der Waals surface area contributed by atoms with E-state index in [0.717, 1.165) is 51.3 Å². The molecule has 0 bridgehead atoms. The number of methoxy groups -OCH3 is 1. The molecule has 4 heteroatoms. The lowest BCUT2D eigenvalue weighted by atomic mass is 9.86. The van der Waals surface area contributed by atoms with Crippen LogP contribution in [0.4, 0.5) is 0 Å². The van der Waals surface area contributed by atoms with Gasteiger partial charge in [-0.2, -0.15) is 0 Å². The SMILES string of the molecule is COc1ccc(CN2CCCN(C(=O)CC3CCCCC3)CC2)cc1. The molecule has 1 aromatic rings. The van der Waals surface area contributed by atoms with Crippen molar-refractivity contribution in [2.75, 3.05) is 33.3 Å². The molecule has 1 saturated carbocycles. The molecule has 1 heterocycles. The summed E-state index contributed by atoms with van der Waals surface area (Å²) in [7, 11) is 1.70. The van der Waals surface area contributed by atoms with Gasteiger partial charge in [0.05, 0.1) is 7.11 Å². The maximum Gasteiger partial charge on any atom is 0.222 e. The first kappa shape index (κ1) is 18.2. The minimum absolute atomic E-state index is 0.387. The van der Waals surface area contributed by atoms with Gasteiger partial charge in [0.2, 0.25) is 5.91 Å². The zero-order chi connectivity index (χ0) is 17.5. The molecular formula is C21H32N2O2. The minimum atomic E-state index is 0.387. The monoisotopic (exact) mass is 344 g/mol. The van der Waals surface area contributed by atoms with Crippen molar-refractivity contribution >= 4 is 5.91 Å². The zero-order valence-corrected chi connectivity index (χ0v) is 15.6. The van der Waals surface area contributed by atoms with E-state index in [0.29, 0.717) is 11.8 Å². The summed E-state index contributed by atoms with van der Waals surface area (Å²) in [6.45, 7) is 4.79. The number of carbonyl (C=O) groups excluding carboxylic acids is 1. The van der Waals surface area contributed by atoms with Gasteiger partial charge in [0, 0.05) is 39.1 Å². The maximum atomic E-state index is 12.6. The van der Waals surface area contributed by atoms with E-state index in [1.165, 1.54) is 37.7 Å². The van der Waals surface area contributed by atoms with Crippen LogP contribution >= 0.6 is 0 Å². The highest BCUT2D eigenvalue weighted by Gasteiger charge is 2.23. The van der Waals surface area contributed by atoms with Gasteiger partial charge >= 0.3 is 0 Å². The third-order valence-electron chi connectivity index (χ3n) is 5.69. The second kappa shape index (κ2) is 9.23. The molecule has 0 radical (unpaired) electrons. The van der Waals surface area contributed by atoms with E-state index in [-0.39, 0.29) is 0 Å². The van der Waals surface area contributed by atoms with Crippen LogP contribution in [-0.4, -0.2) is 49.0 Å². The smallest absolute Gasteiger partial charge is 0.222 e. The normalized spacial score (nSPS) is 20.3. The Kier molecular flexibility index (Phi) is 6.74. The Hall–Kier alpha value is -1.55. The number of hydrogen-bond donors (Lipinski definition) is 0. The number of hydrogen-bond acceptors (Lipinski definition) is 3. The van der Waals surface area contributed by atoms with Crippen molar-refractivity contribution in [2.45, 2.75) is 51.5 Å². The molecule has 2 fully saturated rings. The Morgan fingerprint density at radius 1 is 1.00 bits per heavy atom. The average molecular weight is 344 g/mol. The summed E-state index contributed by atoms with van der Waals surface area (Å²) in [6, 6.07) is 8.31. The Labute approximate surface area is 152 Å². The van der Waals surface area contributed by atoms with Crippen LogP contribution in [-0.2, 0) is 11.3 Å². The molecule has 1 amide bonds. The van der Waals surface area contributed by atoms with Crippen molar-refractivity contribution in [3.05, 3.63) is 29.8 Å². The van der Waals surface area contributed by atoms with Crippen molar-refractivity contribution in [2.24, 2.45) is 5.92 Å². The summed E-state index contributed by atoms with van der Waals surface area (Å²) < 4.78 is 5.22. The number of ether oxygens (including phenoxy) is 1. The van der Waals surface area contributed by atoms with Crippen molar-refractivity contribution < 1.29 is 9.53 Å². The van der Waals surface area contributed by atoms with E-state index >= 15 is 0 Å². The summed E-state index contributed by atoms with van der Waals surface area (Å²) in [6.07, 6.45) is 8.34. The maximum absolute atomic E-state index is 12.6. The van der Waals surface area contributed by atoms with Gasteiger partial charge < -0.3 is 9.64 Å². The molecule has 1 aromatic carbocycles. The van der Waals surface area contributed by atoms with Gasteiger partial charge in [-0.15, -0.1) is 0 Å². The number of nitrogens with zero attached hydrogens (tertiary/aromatic N) is 2. The third kappa shape index (κ3) is 5.46. The molecule has 0 unspecified atom stereocenters. The van der Waals surface area contributed by atoms with Crippen LogP contribution in [0.15, 0.2) is 24.3 Å². The first-order valence-electron chi connectivity index (χ1n) is 9.87. The van der Waals surface area contributed by atoms with Gasteiger partial charge in [0.1, 0.15) is 5.75 Å². The first-order chi connectivity index (χ1) is 12.2. The fraction of sp³-hybridized carbons (Fsp3) is 0.667. The number of amides is 1. The molecule has 1 aliphatic carbocycles. The lowest BCUT2D eigenvalue weighted by Gasteiger charge is -2.26.